The van der Waals surface area contributed by atoms with Crippen molar-refractivity contribution in [3.63, 3.8) is 0 Å². The van der Waals surface area contributed by atoms with Gasteiger partial charge in [0.25, 0.3) is 0 Å². The Morgan fingerprint density at radius 2 is 2.19 bits per heavy atom. The highest BCUT2D eigenvalue weighted by molar-refractivity contribution is 6.30. The highest BCUT2D eigenvalue weighted by Crippen LogP contribution is 2.28. The number of hydrogen-bond acceptors (Lipinski definition) is 3. The van der Waals surface area contributed by atoms with Gasteiger partial charge < -0.3 is 10.1 Å². The second kappa shape index (κ2) is 7.38. The van der Waals surface area contributed by atoms with E-state index in [-0.39, 0.29) is 16.8 Å². The fourth-order valence-electron chi connectivity index (χ4n) is 1.90. The summed E-state index contributed by atoms with van der Waals surface area (Å²) in [5.41, 5.74) is 1.04. The average molecular weight is 309 g/mol. The van der Waals surface area contributed by atoms with Crippen LogP contribution in [0.1, 0.15) is 31.9 Å². The molecule has 1 aromatic heterocycles. The van der Waals surface area contributed by atoms with Gasteiger partial charge in [0.05, 0.1) is 5.02 Å². The molecule has 0 bridgehead atoms. The zero-order valence-electron chi connectivity index (χ0n) is 12.1. The molecular formula is C16H18ClFN2O. The van der Waals surface area contributed by atoms with Crippen molar-refractivity contribution in [1.29, 1.82) is 0 Å². The van der Waals surface area contributed by atoms with Crippen LogP contribution in [0, 0.1) is 5.82 Å². The largest absolute Gasteiger partial charge is 0.436 e. The molecule has 1 heterocycles. The highest BCUT2D eigenvalue weighted by Gasteiger charge is 2.11. The molecule has 5 heteroatoms. The summed E-state index contributed by atoms with van der Waals surface area (Å²) in [6.45, 7) is 5.11. The summed E-state index contributed by atoms with van der Waals surface area (Å²) in [4.78, 5) is 4.11. The van der Waals surface area contributed by atoms with Crippen molar-refractivity contribution in [2.24, 2.45) is 0 Å². The van der Waals surface area contributed by atoms with E-state index in [1.54, 1.807) is 18.3 Å². The Morgan fingerprint density at radius 1 is 1.38 bits per heavy atom. The minimum atomic E-state index is -0.580. The molecule has 0 saturated carbocycles. The summed E-state index contributed by atoms with van der Waals surface area (Å²) < 4.78 is 19.3. The maximum Gasteiger partial charge on any atom is 0.219 e. The molecule has 0 amide bonds. The van der Waals surface area contributed by atoms with Crippen LogP contribution in [-0.2, 0) is 0 Å². The third-order valence-electron chi connectivity index (χ3n) is 3.09. The molecule has 0 aliphatic rings. The van der Waals surface area contributed by atoms with Crippen molar-refractivity contribution < 1.29 is 9.13 Å². The molecule has 0 spiro atoms. The number of aromatic nitrogens is 1. The van der Waals surface area contributed by atoms with Crippen molar-refractivity contribution in [2.45, 2.75) is 26.3 Å². The van der Waals surface area contributed by atoms with Crippen molar-refractivity contribution in [1.82, 2.24) is 10.3 Å². The quantitative estimate of drug-likeness (QED) is 0.838. The molecule has 0 aliphatic carbocycles. The summed E-state index contributed by atoms with van der Waals surface area (Å²) in [7, 11) is 0. The average Bonchev–Trinajstić information content (AvgIpc) is 2.50. The van der Waals surface area contributed by atoms with E-state index in [1.807, 2.05) is 6.07 Å². The number of rotatable bonds is 6. The fraction of sp³-hybridized carbons (Fsp3) is 0.312. The maximum absolute atomic E-state index is 13.8. The van der Waals surface area contributed by atoms with Gasteiger partial charge >= 0.3 is 0 Å². The number of nitrogens with one attached hydrogen (secondary N) is 1. The Kier molecular flexibility index (Phi) is 5.53. The standard InChI is InChI=1S/C16H18ClFN2O/c1-3-8-19-11(2)12-7-9-20-15(10-12)21-14-6-4-5-13(17)16(14)18/h4-7,9-11,19H,3,8H2,1-2H3. The lowest BCUT2D eigenvalue weighted by Crippen LogP contribution is -2.19. The predicted octanol–water partition coefficient (Wildman–Crippen LogP) is 4.73. The second-order valence-corrected chi connectivity index (χ2v) is 5.16. The van der Waals surface area contributed by atoms with Gasteiger partial charge in [0, 0.05) is 18.3 Å². The fourth-order valence-corrected chi connectivity index (χ4v) is 2.07. The van der Waals surface area contributed by atoms with E-state index >= 15 is 0 Å². The monoisotopic (exact) mass is 308 g/mol. The molecule has 3 nitrogen and oxygen atoms in total. The summed E-state index contributed by atoms with van der Waals surface area (Å²) in [5, 5.41) is 3.41. The van der Waals surface area contributed by atoms with E-state index in [2.05, 4.69) is 24.1 Å². The molecule has 0 fully saturated rings. The van der Waals surface area contributed by atoms with Crippen molar-refractivity contribution >= 4 is 11.6 Å². The normalized spacial score (nSPS) is 12.2. The number of pyridine rings is 1. The van der Waals surface area contributed by atoms with Crippen LogP contribution in [0.4, 0.5) is 4.39 Å². The van der Waals surface area contributed by atoms with E-state index in [9.17, 15) is 4.39 Å². The first-order chi connectivity index (χ1) is 10.1. The molecule has 0 radical (unpaired) electrons. The summed E-state index contributed by atoms with van der Waals surface area (Å²) >= 11 is 5.73. The van der Waals surface area contributed by atoms with Crippen LogP contribution in [0.3, 0.4) is 0 Å². The van der Waals surface area contributed by atoms with Gasteiger partial charge in [-0.3, -0.25) is 0 Å². The Morgan fingerprint density at radius 3 is 2.95 bits per heavy atom. The second-order valence-electron chi connectivity index (χ2n) is 4.76. The van der Waals surface area contributed by atoms with Crippen LogP contribution >= 0.6 is 11.6 Å². The van der Waals surface area contributed by atoms with Gasteiger partial charge in [0.15, 0.2) is 11.6 Å². The number of halogens is 2. The number of benzene rings is 1. The van der Waals surface area contributed by atoms with Crippen LogP contribution in [-0.4, -0.2) is 11.5 Å². The molecule has 1 atom stereocenters. The van der Waals surface area contributed by atoms with Crippen molar-refractivity contribution in [2.75, 3.05) is 6.54 Å². The molecule has 1 N–H and O–H groups in total. The molecule has 0 saturated heterocycles. The van der Waals surface area contributed by atoms with Gasteiger partial charge in [-0.05, 0) is 43.7 Å². The van der Waals surface area contributed by atoms with E-state index in [1.165, 1.54) is 12.1 Å². The molecule has 21 heavy (non-hydrogen) atoms. The van der Waals surface area contributed by atoms with Gasteiger partial charge in [-0.2, -0.15) is 0 Å². The molecule has 2 rings (SSSR count). The van der Waals surface area contributed by atoms with Gasteiger partial charge in [0.2, 0.25) is 5.88 Å². The number of ether oxygens (including phenoxy) is 1. The van der Waals surface area contributed by atoms with E-state index in [0.717, 1.165) is 18.5 Å². The molecule has 112 valence electrons. The number of nitrogens with zero attached hydrogens (tertiary/aromatic N) is 1. The van der Waals surface area contributed by atoms with Crippen molar-refractivity contribution in [3.05, 3.63) is 52.9 Å². The number of hydrogen-bond donors (Lipinski definition) is 1. The van der Waals surface area contributed by atoms with Crippen LogP contribution in [0.5, 0.6) is 11.6 Å². The lowest BCUT2D eigenvalue weighted by atomic mass is 10.1. The molecular weight excluding hydrogens is 291 g/mol. The van der Waals surface area contributed by atoms with Crippen LogP contribution in [0.2, 0.25) is 5.02 Å². The first-order valence-electron chi connectivity index (χ1n) is 6.93. The smallest absolute Gasteiger partial charge is 0.219 e. The van der Waals surface area contributed by atoms with Crippen LogP contribution < -0.4 is 10.1 Å². The SMILES string of the molecule is CCCNC(C)c1ccnc(Oc2cccc(Cl)c2F)c1. The molecule has 1 unspecified atom stereocenters. The van der Waals surface area contributed by atoms with E-state index in [0.29, 0.717) is 5.88 Å². The lowest BCUT2D eigenvalue weighted by Gasteiger charge is -2.14. The van der Waals surface area contributed by atoms with Crippen molar-refractivity contribution in [3.8, 4) is 11.6 Å². The van der Waals surface area contributed by atoms with Gasteiger partial charge in [-0.1, -0.05) is 24.6 Å². The summed E-state index contributed by atoms with van der Waals surface area (Å²) in [5.74, 6) is -0.163. The van der Waals surface area contributed by atoms with Gasteiger partial charge in [0.1, 0.15) is 0 Å². The van der Waals surface area contributed by atoms with E-state index in [4.69, 9.17) is 16.3 Å². The Hall–Kier alpha value is -1.65. The zero-order chi connectivity index (χ0) is 15.2. The first kappa shape index (κ1) is 15.7. The van der Waals surface area contributed by atoms with E-state index < -0.39 is 5.82 Å². The third kappa shape index (κ3) is 4.16. The summed E-state index contributed by atoms with van der Waals surface area (Å²) in [6.07, 6.45) is 2.71. The highest BCUT2D eigenvalue weighted by atomic mass is 35.5. The third-order valence-corrected chi connectivity index (χ3v) is 3.38. The Bertz CT molecular complexity index is 607. The van der Waals surface area contributed by atoms with Gasteiger partial charge in [-0.15, -0.1) is 0 Å². The minimum Gasteiger partial charge on any atom is -0.436 e. The first-order valence-corrected chi connectivity index (χ1v) is 7.30. The topological polar surface area (TPSA) is 34.2 Å². The summed E-state index contributed by atoms with van der Waals surface area (Å²) in [6, 6.07) is 8.52. The Labute approximate surface area is 129 Å². The predicted molar refractivity (Wildman–Crippen MR) is 82.4 cm³/mol. The van der Waals surface area contributed by atoms with Crippen LogP contribution in [0.15, 0.2) is 36.5 Å². The Balaban J connectivity index is 2.16. The van der Waals surface area contributed by atoms with Gasteiger partial charge in [-0.25, -0.2) is 9.37 Å². The molecule has 2 aromatic rings. The molecule has 0 aliphatic heterocycles. The minimum absolute atomic E-state index is 0.0293. The zero-order valence-corrected chi connectivity index (χ0v) is 12.8. The molecule has 1 aromatic carbocycles. The van der Waals surface area contributed by atoms with Crippen LogP contribution in [0.25, 0.3) is 0 Å². The maximum atomic E-state index is 13.8. The lowest BCUT2D eigenvalue weighted by molar-refractivity contribution is 0.426.